The van der Waals surface area contributed by atoms with Crippen molar-refractivity contribution >= 4 is 23.5 Å². The highest BCUT2D eigenvalue weighted by atomic mass is 35.5. The van der Waals surface area contributed by atoms with Gasteiger partial charge in [0.2, 0.25) is 0 Å². The van der Waals surface area contributed by atoms with Crippen LogP contribution in [0.4, 0.5) is 5.82 Å². The average molecular weight is 278 g/mol. The first-order valence-corrected chi connectivity index (χ1v) is 7.23. The van der Waals surface area contributed by atoms with Crippen LogP contribution in [-0.2, 0) is 0 Å². The normalized spacial score (nSPS) is 21.8. The van der Waals surface area contributed by atoms with Gasteiger partial charge in [-0.25, -0.2) is 4.98 Å². The van der Waals surface area contributed by atoms with Crippen LogP contribution in [0.25, 0.3) is 6.08 Å². The van der Waals surface area contributed by atoms with Crippen LogP contribution in [0.1, 0.15) is 50.8 Å². The fraction of sp³-hybridized carbons (Fsp3) is 0.533. The smallest absolute Gasteiger partial charge is 0.134 e. The Hall–Kier alpha value is -1.22. The summed E-state index contributed by atoms with van der Waals surface area (Å²) in [7, 11) is 0. The van der Waals surface area contributed by atoms with Gasteiger partial charge in [-0.1, -0.05) is 11.6 Å². The highest BCUT2D eigenvalue weighted by Crippen LogP contribution is 2.46. The predicted molar refractivity (Wildman–Crippen MR) is 80.3 cm³/mol. The molecule has 1 aromatic heterocycles. The summed E-state index contributed by atoms with van der Waals surface area (Å²) in [6.45, 7) is 6.42. The fourth-order valence-electron chi connectivity index (χ4n) is 2.58. The Morgan fingerprint density at radius 1 is 1.37 bits per heavy atom. The second-order valence-electron chi connectivity index (χ2n) is 6.49. The molecule has 1 atom stereocenters. The van der Waals surface area contributed by atoms with Gasteiger partial charge in [-0.05, 0) is 63.4 Å². The number of nitrogens with one attached hydrogen (secondary N) is 2. The minimum Gasteiger partial charge on any atom is -0.384 e. The van der Waals surface area contributed by atoms with Gasteiger partial charge in [0.15, 0.2) is 0 Å². The number of hydrogen-bond donors (Lipinski definition) is 2. The summed E-state index contributed by atoms with van der Waals surface area (Å²) < 4.78 is 0. The van der Waals surface area contributed by atoms with E-state index in [1.807, 2.05) is 12.3 Å². The number of anilines is 1. The van der Waals surface area contributed by atoms with Crippen molar-refractivity contribution in [2.24, 2.45) is 5.92 Å². The van der Waals surface area contributed by atoms with Gasteiger partial charge in [0.25, 0.3) is 0 Å². The van der Waals surface area contributed by atoms with Crippen molar-refractivity contribution in [3.8, 4) is 0 Å². The van der Waals surface area contributed by atoms with E-state index in [1.54, 1.807) is 0 Å². The third-order valence-corrected chi connectivity index (χ3v) is 3.69. The van der Waals surface area contributed by atoms with Gasteiger partial charge in [-0.2, -0.15) is 0 Å². The maximum absolute atomic E-state index is 6.15. The minimum absolute atomic E-state index is 0.0271. The van der Waals surface area contributed by atoms with E-state index in [-0.39, 0.29) is 5.54 Å². The fourth-order valence-corrected chi connectivity index (χ4v) is 2.79. The highest BCUT2D eigenvalue weighted by molar-refractivity contribution is 6.29. The van der Waals surface area contributed by atoms with E-state index in [9.17, 15) is 0 Å². The molecule has 0 bridgehead atoms. The molecule has 1 aromatic rings. The monoisotopic (exact) mass is 277 g/mol. The molecule has 102 valence electrons. The lowest BCUT2D eigenvalue weighted by Gasteiger charge is -2.30. The molecule has 0 aromatic carbocycles. The SMILES string of the molecule is CC(C)(C)Nc1nc(Cl)cc2c1C(C1CC1)NC=C2. The Morgan fingerprint density at radius 3 is 2.74 bits per heavy atom. The van der Waals surface area contributed by atoms with Gasteiger partial charge >= 0.3 is 0 Å². The average Bonchev–Trinajstić information content (AvgIpc) is 3.09. The number of aromatic nitrogens is 1. The molecule has 0 radical (unpaired) electrons. The molecule has 19 heavy (non-hydrogen) atoms. The summed E-state index contributed by atoms with van der Waals surface area (Å²) in [6.07, 6.45) is 6.70. The van der Waals surface area contributed by atoms with Crippen LogP contribution in [0, 0.1) is 5.92 Å². The van der Waals surface area contributed by atoms with E-state index >= 15 is 0 Å². The standard InChI is InChI=1S/C15H20ClN3/c1-15(2,3)19-14-12-10(8-11(16)18-14)6-7-17-13(12)9-4-5-9/h6-9,13,17H,4-5H2,1-3H3,(H,18,19). The van der Waals surface area contributed by atoms with Crippen LogP contribution in [0.15, 0.2) is 12.3 Å². The Morgan fingerprint density at radius 2 is 2.11 bits per heavy atom. The summed E-state index contributed by atoms with van der Waals surface area (Å²) >= 11 is 6.15. The van der Waals surface area contributed by atoms with Crippen molar-refractivity contribution in [1.29, 1.82) is 0 Å². The molecular formula is C15H20ClN3. The molecule has 3 rings (SSSR count). The quantitative estimate of drug-likeness (QED) is 0.803. The Balaban J connectivity index is 2.07. The second kappa shape index (κ2) is 4.41. The molecule has 1 saturated carbocycles. The van der Waals surface area contributed by atoms with E-state index in [2.05, 4.69) is 42.5 Å². The Bertz CT molecular complexity index is 527. The van der Waals surface area contributed by atoms with E-state index in [1.165, 1.54) is 24.0 Å². The molecule has 2 N–H and O–H groups in total. The maximum atomic E-state index is 6.15. The topological polar surface area (TPSA) is 37.0 Å². The van der Waals surface area contributed by atoms with Crippen LogP contribution >= 0.6 is 11.6 Å². The molecule has 0 saturated heterocycles. The van der Waals surface area contributed by atoms with E-state index < -0.39 is 0 Å². The number of rotatable bonds is 2. The molecule has 2 heterocycles. The summed E-state index contributed by atoms with van der Waals surface area (Å²) in [4.78, 5) is 4.51. The number of nitrogens with zero attached hydrogens (tertiary/aromatic N) is 1. The van der Waals surface area contributed by atoms with E-state index in [0.29, 0.717) is 11.2 Å². The summed E-state index contributed by atoms with van der Waals surface area (Å²) in [5.74, 6) is 1.65. The summed E-state index contributed by atoms with van der Waals surface area (Å²) in [5.41, 5.74) is 2.42. The molecule has 1 aliphatic heterocycles. The highest BCUT2D eigenvalue weighted by Gasteiger charge is 2.36. The lowest BCUT2D eigenvalue weighted by Crippen LogP contribution is -2.30. The molecule has 3 nitrogen and oxygen atoms in total. The molecule has 1 unspecified atom stereocenters. The van der Waals surface area contributed by atoms with Gasteiger partial charge in [0.05, 0.1) is 6.04 Å². The van der Waals surface area contributed by atoms with Crippen LogP contribution in [0.3, 0.4) is 0 Å². The Kier molecular flexibility index (Phi) is 2.97. The first-order chi connectivity index (χ1) is 8.94. The van der Waals surface area contributed by atoms with Crippen molar-refractivity contribution in [3.05, 3.63) is 28.5 Å². The summed E-state index contributed by atoms with van der Waals surface area (Å²) in [5, 5.41) is 7.52. The third kappa shape index (κ3) is 2.71. The maximum Gasteiger partial charge on any atom is 0.134 e. The van der Waals surface area contributed by atoms with Crippen LogP contribution in [0.2, 0.25) is 5.15 Å². The van der Waals surface area contributed by atoms with Gasteiger partial charge < -0.3 is 10.6 Å². The molecule has 1 aliphatic carbocycles. The summed E-state index contributed by atoms with van der Waals surface area (Å²) in [6, 6.07) is 2.33. The number of halogens is 1. The lowest BCUT2D eigenvalue weighted by molar-refractivity contribution is 0.541. The van der Waals surface area contributed by atoms with E-state index in [0.717, 1.165) is 11.7 Å². The van der Waals surface area contributed by atoms with Gasteiger partial charge in [0, 0.05) is 11.1 Å². The van der Waals surface area contributed by atoms with Crippen LogP contribution in [0.5, 0.6) is 0 Å². The lowest BCUT2D eigenvalue weighted by atomic mass is 9.94. The van der Waals surface area contributed by atoms with E-state index in [4.69, 9.17) is 11.6 Å². The molecular weight excluding hydrogens is 258 g/mol. The van der Waals surface area contributed by atoms with Crippen molar-refractivity contribution in [3.63, 3.8) is 0 Å². The Labute approximate surface area is 119 Å². The van der Waals surface area contributed by atoms with Crippen molar-refractivity contribution < 1.29 is 0 Å². The van der Waals surface area contributed by atoms with Gasteiger partial charge in [-0.15, -0.1) is 0 Å². The molecule has 2 aliphatic rings. The largest absolute Gasteiger partial charge is 0.384 e. The van der Waals surface area contributed by atoms with Crippen molar-refractivity contribution in [2.45, 2.75) is 45.2 Å². The number of pyridine rings is 1. The molecule has 0 spiro atoms. The molecule has 0 amide bonds. The number of fused-ring (bicyclic) bond motifs is 1. The van der Waals surface area contributed by atoms with Crippen LogP contribution in [-0.4, -0.2) is 10.5 Å². The number of hydrogen-bond acceptors (Lipinski definition) is 3. The zero-order valence-electron chi connectivity index (χ0n) is 11.6. The first-order valence-electron chi connectivity index (χ1n) is 6.85. The van der Waals surface area contributed by atoms with Gasteiger partial charge in [0.1, 0.15) is 11.0 Å². The third-order valence-electron chi connectivity index (χ3n) is 3.50. The van der Waals surface area contributed by atoms with Crippen LogP contribution < -0.4 is 10.6 Å². The predicted octanol–water partition coefficient (Wildman–Crippen LogP) is 3.97. The van der Waals surface area contributed by atoms with Crippen molar-refractivity contribution in [2.75, 3.05) is 5.32 Å². The van der Waals surface area contributed by atoms with Gasteiger partial charge in [-0.3, -0.25) is 0 Å². The second-order valence-corrected chi connectivity index (χ2v) is 6.87. The zero-order chi connectivity index (χ0) is 13.6. The van der Waals surface area contributed by atoms with Crippen molar-refractivity contribution in [1.82, 2.24) is 10.3 Å². The molecule has 4 heteroatoms. The molecule has 1 fully saturated rings. The minimum atomic E-state index is -0.0271. The zero-order valence-corrected chi connectivity index (χ0v) is 12.4. The first kappa shape index (κ1) is 12.8.